The molecule has 24 nitrogen and oxygen atoms in total. The lowest BCUT2D eigenvalue weighted by Crippen LogP contribution is -2.54. The number of anilines is 3. The van der Waals surface area contributed by atoms with Crippen molar-refractivity contribution in [1.82, 2.24) is 68.6 Å². The van der Waals surface area contributed by atoms with E-state index in [1.165, 1.54) is 51.6 Å². The van der Waals surface area contributed by atoms with Crippen LogP contribution in [0.4, 0.5) is 26.1 Å². The fourth-order valence-corrected chi connectivity index (χ4v) is 12.4. The van der Waals surface area contributed by atoms with Gasteiger partial charge in [-0.15, -0.1) is 0 Å². The number of hydrogen-bond donors (Lipinski definition) is 2. The van der Waals surface area contributed by atoms with Crippen molar-refractivity contribution in [3.8, 4) is 51.7 Å². The fraction of sp³-hybridized carbons (Fsp3) is 0.429. The number of likely N-dealkylation sites (N-methyl/N-ethyl adjacent to an activating group) is 2. The van der Waals surface area contributed by atoms with Crippen molar-refractivity contribution in [2.75, 3.05) is 109 Å². The molecule has 10 rings (SSSR count). The van der Waals surface area contributed by atoms with Crippen LogP contribution in [0.2, 0.25) is 10.0 Å². The topological polar surface area (TPSA) is 265 Å². The summed E-state index contributed by atoms with van der Waals surface area (Å²) in [6.45, 7) is 31.1. The number of nitrogens with zero attached hydrogens (tertiary/aromatic N) is 16. The Kier molecular flexibility index (Phi) is 22.9. The molecule has 98 heavy (non-hydrogen) atoms. The Balaban J connectivity index is 0.000000229. The molecule has 2 atom stereocenters. The Morgan fingerprint density at radius 3 is 1.31 bits per heavy atom. The van der Waals surface area contributed by atoms with Crippen LogP contribution in [0.25, 0.3) is 56.0 Å². The Hall–Kier alpha value is -9.24. The van der Waals surface area contributed by atoms with Gasteiger partial charge in [0.25, 0.3) is 0 Å². The molecule has 6 aromatic heterocycles. The molecule has 8 aromatic rings. The van der Waals surface area contributed by atoms with E-state index in [0.29, 0.717) is 122 Å². The number of phenols is 1. The summed E-state index contributed by atoms with van der Waals surface area (Å²) in [5, 5.41) is 11.8. The second-order valence-corrected chi connectivity index (χ2v) is 26.9. The van der Waals surface area contributed by atoms with Crippen LogP contribution in [0.1, 0.15) is 116 Å². The van der Waals surface area contributed by atoms with Gasteiger partial charge in [-0.3, -0.25) is 9.59 Å². The highest BCUT2D eigenvalue weighted by Crippen LogP contribution is 2.42. The maximum Gasteiger partial charge on any atom is 0.355 e. The van der Waals surface area contributed by atoms with Crippen molar-refractivity contribution in [3.63, 3.8) is 0 Å². The zero-order valence-electron chi connectivity index (χ0n) is 57.9. The monoisotopic (exact) mass is 1380 g/mol. The summed E-state index contributed by atoms with van der Waals surface area (Å²) >= 11 is 13.7. The lowest BCUT2D eigenvalue weighted by molar-refractivity contribution is -0.127. The Morgan fingerprint density at radius 1 is 0.602 bits per heavy atom. The molecule has 0 bridgehead atoms. The number of piperazine rings is 2. The highest BCUT2D eigenvalue weighted by Gasteiger charge is 2.35. The average Bonchev–Trinajstić information content (AvgIpc) is 0.737. The van der Waals surface area contributed by atoms with Gasteiger partial charge in [-0.1, -0.05) is 104 Å². The molecule has 0 aliphatic carbocycles. The van der Waals surface area contributed by atoms with Gasteiger partial charge in [0.15, 0.2) is 11.3 Å². The minimum Gasteiger partial charge on any atom is -0.507 e. The number of hydrogen-bond acceptors (Lipinski definition) is 20. The van der Waals surface area contributed by atoms with Crippen molar-refractivity contribution in [2.24, 2.45) is 0 Å². The normalized spacial score (nSPS) is 15.1. The number of amides is 2. The van der Waals surface area contributed by atoms with E-state index in [0.717, 1.165) is 0 Å². The summed E-state index contributed by atoms with van der Waals surface area (Å²) in [5.74, 6) is -2.12. The van der Waals surface area contributed by atoms with E-state index >= 15 is 8.78 Å². The molecule has 2 amide bonds. The van der Waals surface area contributed by atoms with Crippen molar-refractivity contribution < 1.29 is 33.0 Å². The highest BCUT2D eigenvalue weighted by atomic mass is 35.5. The van der Waals surface area contributed by atoms with Gasteiger partial charge >= 0.3 is 23.4 Å². The van der Waals surface area contributed by atoms with Crippen molar-refractivity contribution in [1.29, 1.82) is 0 Å². The van der Waals surface area contributed by atoms with E-state index in [9.17, 15) is 24.3 Å². The zero-order valence-corrected chi connectivity index (χ0v) is 59.4. The van der Waals surface area contributed by atoms with E-state index in [-0.39, 0.29) is 115 Å². The molecule has 0 radical (unpaired) electrons. The van der Waals surface area contributed by atoms with Crippen LogP contribution >= 0.6 is 23.2 Å². The molecule has 2 fully saturated rings. The number of pyridine rings is 2. The molecule has 520 valence electrons. The molecule has 2 saturated heterocycles. The molecule has 2 aliphatic heterocycles. The number of rotatable bonds is 20. The standard InChI is InChI=1S/C35H43ClFN9O3.C35H42ClFN8O4/c1-9-26(47)44-13-14-45(21(6)18-44)32-22-17-23(36)30(27-24(37)11-10-12-25(27)38)39-33(22)46(35(48)42-32)31-28(19(2)3)40-34(41-29(31)20(4)5)49-16-15-43(7)8;1-9-26(47)43-13-14-44(21(6)18-43)32-22-17-23(36)30(27-24(37)11-10-12-25(27)46)38-33(22)45(35(48)41-32)31-28(19(2)3)39-34(40-29(31)20(4)5)49-16-15-42(7)8/h9-12,17,19-21H,1,13-16,18,38H2,2-8H3;9-12,17,19-21,46H,1,13-16,18H2,2-8H3/t2*21-/m00/s1. The average molecular weight is 1390 g/mol. The molecule has 3 N–H and O–H groups in total. The maximum atomic E-state index is 15.4. The highest BCUT2D eigenvalue weighted by molar-refractivity contribution is 6.34. The predicted molar refractivity (Wildman–Crippen MR) is 380 cm³/mol. The fourth-order valence-electron chi connectivity index (χ4n) is 11.9. The number of halogens is 4. The molecule has 2 aromatic carbocycles. The summed E-state index contributed by atoms with van der Waals surface area (Å²) in [4.78, 5) is 103. The molecule has 2 aliphatic rings. The van der Waals surface area contributed by atoms with Gasteiger partial charge in [0.2, 0.25) is 11.8 Å². The molecule has 0 unspecified atom stereocenters. The lowest BCUT2D eigenvalue weighted by Gasteiger charge is -2.40. The SMILES string of the molecule is C=CC(=O)N1CCN(c2nc(=O)n(-c3c(C(C)C)nc(OCCN(C)C)nc3C(C)C)c3nc(-c4c(N)cccc4F)c(Cl)cc23)[C@@H](C)C1.C=CC(=O)N1CCN(c2nc(=O)n(-c3c(C(C)C)nc(OCCN(C)C)nc3C(C)C)c3nc(-c4c(O)cccc4F)c(Cl)cc23)[C@@H](C)C1. The number of nitrogens with two attached hydrogens (primary N) is 1. The molecule has 28 heteroatoms. The summed E-state index contributed by atoms with van der Waals surface area (Å²) in [6, 6.07) is 11.4. The number of carbonyl (C=O) groups is 2. The minimum absolute atomic E-state index is 0.0192. The van der Waals surface area contributed by atoms with Gasteiger partial charge in [0.1, 0.15) is 42.2 Å². The number of carbonyl (C=O) groups excluding carboxylic acids is 2. The first-order valence-electron chi connectivity index (χ1n) is 32.5. The number of nitrogen functional groups attached to an aromatic ring is 1. The third kappa shape index (κ3) is 15.2. The molecular formula is C70H85Cl2F2N17O7. The Labute approximate surface area is 578 Å². The van der Waals surface area contributed by atoms with Gasteiger partial charge in [-0.05, 0) is 114 Å². The third-order valence-electron chi connectivity index (χ3n) is 16.9. The van der Waals surface area contributed by atoms with Crippen molar-refractivity contribution >= 4 is 74.4 Å². The smallest absolute Gasteiger partial charge is 0.355 e. The van der Waals surface area contributed by atoms with Gasteiger partial charge < -0.3 is 49.7 Å². The first-order chi connectivity index (χ1) is 46.5. The Bertz CT molecular complexity index is 4110. The zero-order chi connectivity index (χ0) is 71.5. The van der Waals surface area contributed by atoms with Crippen molar-refractivity contribution in [3.05, 3.63) is 139 Å². The van der Waals surface area contributed by atoms with E-state index in [1.807, 2.05) is 117 Å². The van der Waals surface area contributed by atoms with Crippen molar-refractivity contribution in [2.45, 2.75) is 105 Å². The number of phenolic OH excluding ortho intramolecular Hbond substituents is 1. The van der Waals surface area contributed by atoms with Crippen LogP contribution < -0.4 is 36.4 Å². The molecule has 0 saturated carbocycles. The lowest BCUT2D eigenvalue weighted by atomic mass is 10.0. The van der Waals surface area contributed by atoms with Crippen LogP contribution in [0.5, 0.6) is 17.8 Å². The van der Waals surface area contributed by atoms with Crippen LogP contribution in [0, 0.1) is 11.6 Å². The first kappa shape index (κ1) is 73.0. The summed E-state index contributed by atoms with van der Waals surface area (Å²) in [5.41, 5.74) is 8.27. The van der Waals surface area contributed by atoms with Gasteiger partial charge in [0.05, 0.1) is 77.5 Å². The quantitative estimate of drug-likeness (QED) is 0.0530. The number of benzene rings is 2. The number of fused-ring (bicyclic) bond motifs is 2. The minimum atomic E-state index is -0.734. The molecule has 8 heterocycles. The van der Waals surface area contributed by atoms with Gasteiger partial charge in [-0.2, -0.15) is 29.9 Å². The molecule has 0 spiro atoms. The largest absolute Gasteiger partial charge is 0.507 e. The summed E-state index contributed by atoms with van der Waals surface area (Å²) in [7, 11) is 7.78. The first-order valence-corrected chi connectivity index (χ1v) is 33.3. The van der Waals surface area contributed by atoms with Crippen LogP contribution in [-0.4, -0.2) is 191 Å². The predicted octanol–water partition coefficient (Wildman–Crippen LogP) is 10.2. The third-order valence-corrected chi connectivity index (χ3v) is 17.5. The van der Waals surface area contributed by atoms with E-state index in [2.05, 4.69) is 23.1 Å². The van der Waals surface area contributed by atoms with Crippen LogP contribution in [0.3, 0.4) is 0 Å². The second kappa shape index (κ2) is 30.7. The number of aromatic nitrogens is 10. The summed E-state index contributed by atoms with van der Waals surface area (Å²) in [6.07, 6.45) is 2.57. The second-order valence-electron chi connectivity index (χ2n) is 26.1. The summed E-state index contributed by atoms with van der Waals surface area (Å²) < 4.78 is 45.3. The van der Waals surface area contributed by atoms with Gasteiger partial charge in [0, 0.05) is 70.1 Å². The van der Waals surface area contributed by atoms with E-state index in [1.54, 1.807) is 28.0 Å². The van der Waals surface area contributed by atoms with E-state index < -0.39 is 23.0 Å². The van der Waals surface area contributed by atoms with E-state index in [4.69, 9.17) is 68.3 Å². The number of aromatic hydroxyl groups is 1. The number of ether oxygens (including phenoxy) is 2. The van der Waals surface area contributed by atoms with Gasteiger partial charge in [-0.25, -0.2) is 37.5 Å². The Morgan fingerprint density at radius 2 is 0.969 bits per heavy atom. The molecular weight excluding hydrogens is 1300 g/mol. The van der Waals surface area contributed by atoms with Crippen LogP contribution in [-0.2, 0) is 9.59 Å². The van der Waals surface area contributed by atoms with Crippen LogP contribution in [0.15, 0.2) is 83.4 Å². The maximum absolute atomic E-state index is 15.4.